The average Bonchev–Trinajstić information content (AvgIpc) is 2.96. The van der Waals surface area contributed by atoms with E-state index < -0.39 is 15.8 Å². The molecule has 0 radical (unpaired) electrons. The van der Waals surface area contributed by atoms with Gasteiger partial charge in [0.1, 0.15) is 0 Å². The summed E-state index contributed by atoms with van der Waals surface area (Å²) in [7, 11) is -1.16. The van der Waals surface area contributed by atoms with Crippen LogP contribution < -0.4 is 21.2 Å². The molecule has 0 fully saturated rings. The molecule has 0 aliphatic rings. The minimum atomic E-state index is -0.580. The van der Waals surface area contributed by atoms with Gasteiger partial charge in [0.2, 0.25) is 0 Å². The zero-order chi connectivity index (χ0) is 24.7. The van der Waals surface area contributed by atoms with E-state index in [-0.39, 0.29) is 0 Å². The predicted octanol–water partition coefficient (Wildman–Crippen LogP) is 7.47. The quantitative estimate of drug-likeness (QED) is 0.200. The molecule has 36 heavy (non-hydrogen) atoms. The van der Waals surface area contributed by atoms with Gasteiger partial charge in [-0.05, 0) is 49.2 Å². The van der Waals surface area contributed by atoms with E-state index in [0.717, 1.165) is 0 Å². The third-order valence-electron chi connectivity index (χ3n) is 6.56. The van der Waals surface area contributed by atoms with Crippen LogP contribution in [0.25, 0.3) is 0 Å². The summed E-state index contributed by atoms with van der Waals surface area (Å²) in [5.74, 6) is 0. The molecule has 0 aliphatic heterocycles. The molecule has 1 aromatic heterocycles. The molecule has 4 aromatic carbocycles. The first-order valence-corrected chi connectivity index (χ1v) is 15.3. The van der Waals surface area contributed by atoms with Crippen molar-refractivity contribution in [2.45, 2.75) is 25.2 Å². The van der Waals surface area contributed by atoms with E-state index in [1.165, 1.54) is 32.6 Å². The maximum Gasteiger partial charge on any atom is 0.0484 e. The Kier molecular flexibility index (Phi) is 8.02. The second-order valence-electron chi connectivity index (χ2n) is 8.92. The first kappa shape index (κ1) is 24.6. The number of rotatable bonds is 8. The molecule has 2 atom stereocenters. The second kappa shape index (κ2) is 11.7. The molecule has 0 bridgehead atoms. The monoisotopic (exact) mass is 503 g/mol. The lowest BCUT2D eigenvalue weighted by atomic mass is 10.2. The first-order valence-electron chi connectivity index (χ1n) is 12.5. The molecule has 1 heterocycles. The van der Waals surface area contributed by atoms with E-state index in [1.807, 2.05) is 0 Å². The van der Waals surface area contributed by atoms with Crippen molar-refractivity contribution in [2.24, 2.45) is 0 Å². The van der Waals surface area contributed by atoms with Gasteiger partial charge in [-0.2, -0.15) is 0 Å². The van der Waals surface area contributed by atoms with Crippen LogP contribution in [-0.2, 0) is 0 Å². The van der Waals surface area contributed by atoms with E-state index in [4.69, 9.17) is 4.98 Å². The zero-order valence-electron chi connectivity index (χ0n) is 20.8. The van der Waals surface area contributed by atoms with Gasteiger partial charge in [-0.25, -0.2) is 0 Å². The minimum absolute atomic E-state index is 0.302. The van der Waals surface area contributed by atoms with Crippen LogP contribution in [0, 0.1) is 0 Å². The summed E-state index contributed by atoms with van der Waals surface area (Å²) in [6, 6.07) is 50.4. The Morgan fingerprint density at radius 1 is 0.389 bits per heavy atom. The standard InChI is InChI=1S/C33H31NP2/c1-26(35(28-16-7-3-8-17-28)29-18-9-4-10-19-29)32-24-15-25-33(34-32)27(2)36(30-20-11-5-12-21-30)31-22-13-6-14-23-31/h3-27H,1-2H3/t26-,27-/m1/s1. The predicted molar refractivity (Wildman–Crippen MR) is 159 cm³/mol. The van der Waals surface area contributed by atoms with Gasteiger partial charge >= 0.3 is 0 Å². The number of aromatic nitrogens is 1. The summed E-state index contributed by atoms with van der Waals surface area (Å²) >= 11 is 0. The maximum absolute atomic E-state index is 5.35. The molecule has 1 nitrogen and oxygen atoms in total. The van der Waals surface area contributed by atoms with Crippen LogP contribution >= 0.6 is 15.8 Å². The molecule has 0 saturated carbocycles. The molecule has 3 heteroatoms. The molecule has 0 spiro atoms. The van der Waals surface area contributed by atoms with Crippen LogP contribution in [0.2, 0.25) is 0 Å². The van der Waals surface area contributed by atoms with E-state index in [1.54, 1.807) is 0 Å². The van der Waals surface area contributed by atoms with Crippen LogP contribution in [0.5, 0.6) is 0 Å². The highest BCUT2D eigenvalue weighted by molar-refractivity contribution is 7.73. The lowest BCUT2D eigenvalue weighted by molar-refractivity contribution is 0.921. The van der Waals surface area contributed by atoms with Crippen molar-refractivity contribution in [1.29, 1.82) is 0 Å². The summed E-state index contributed by atoms with van der Waals surface area (Å²) in [4.78, 5) is 5.35. The average molecular weight is 504 g/mol. The largest absolute Gasteiger partial charge is 0.257 e. The topological polar surface area (TPSA) is 12.9 Å². The van der Waals surface area contributed by atoms with E-state index in [2.05, 4.69) is 153 Å². The highest BCUT2D eigenvalue weighted by Gasteiger charge is 2.26. The molecule has 178 valence electrons. The van der Waals surface area contributed by atoms with Crippen molar-refractivity contribution in [3.05, 3.63) is 151 Å². The summed E-state index contributed by atoms with van der Waals surface area (Å²) in [5, 5.41) is 5.56. The van der Waals surface area contributed by atoms with Gasteiger partial charge in [0, 0.05) is 22.7 Å². The van der Waals surface area contributed by atoms with Crippen molar-refractivity contribution < 1.29 is 0 Å². The summed E-state index contributed by atoms with van der Waals surface area (Å²) in [6.07, 6.45) is 0. The van der Waals surface area contributed by atoms with Crippen molar-refractivity contribution in [2.75, 3.05) is 0 Å². The lowest BCUT2D eigenvalue weighted by Crippen LogP contribution is -2.18. The molecule has 5 aromatic rings. The Labute approximate surface area is 217 Å². The van der Waals surface area contributed by atoms with Crippen LogP contribution in [0.3, 0.4) is 0 Å². The molecule has 5 rings (SSSR count). The normalized spacial score (nSPS) is 13.0. The van der Waals surface area contributed by atoms with E-state index in [9.17, 15) is 0 Å². The number of hydrogen-bond donors (Lipinski definition) is 0. The fourth-order valence-corrected chi connectivity index (χ4v) is 9.92. The fourth-order valence-electron chi connectivity index (χ4n) is 4.75. The third kappa shape index (κ3) is 5.49. The molecular weight excluding hydrogens is 472 g/mol. The van der Waals surface area contributed by atoms with Crippen molar-refractivity contribution in [3.8, 4) is 0 Å². The van der Waals surface area contributed by atoms with Crippen LogP contribution in [0.4, 0.5) is 0 Å². The molecule has 0 aliphatic carbocycles. The third-order valence-corrected chi connectivity index (χ3v) is 12.1. The number of hydrogen-bond acceptors (Lipinski definition) is 1. The van der Waals surface area contributed by atoms with Crippen LogP contribution in [-0.4, -0.2) is 4.98 Å². The Hall–Kier alpha value is -3.11. The fraction of sp³-hybridized carbons (Fsp3) is 0.121. The summed E-state index contributed by atoms with van der Waals surface area (Å²) in [5.41, 5.74) is 2.96. The van der Waals surface area contributed by atoms with Gasteiger partial charge in [-0.1, -0.05) is 141 Å². The Morgan fingerprint density at radius 3 is 0.944 bits per heavy atom. The first-order chi connectivity index (χ1) is 17.7. The highest BCUT2D eigenvalue weighted by atomic mass is 31.1. The second-order valence-corrected chi connectivity index (χ2v) is 14.0. The molecule has 0 amide bonds. The molecule has 0 N–H and O–H groups in total. The van der Waals surface area contributed by atoms with Gasteiger partial charge in [0.25, 0.3) is 0 Å². The van der Waals surface area contributed by atoms with Gasteiger partial charge in [0.05, 0.1) is 0 Å². The van der Waals surface area contributed by atoms with Crippen molar-refractivity contribution in [1.82, 2.24) is 4.98 Å². The molecular formula is C33H31NP2. The number of pyridine rings is 1. The summed E-state index contributed by atoms with van der Waals surface area (Å²) in [6.45, 7) is 4.69. The molecule has 0 unspecified atom stereocenters. The highest BCUT2D eigenvalue weighted by Crippen LogP contribution is 2.51. The van der Waals surface area contributed by atoms with Gasteiger partial charge in [-0.15, -0.1) is 0 Å². The van der Waals surface area contributed by atoms with Crippen LogP contribution in [0.15, 0.2) is 140 Å². The smallest absolute Gasteiger partial charge is 0.0484 e. The SMILES string of the molecule is C[C@H](c1cccc([C@@H](C)P(c2ccccc2)c2ccccc2)n1)P(c1ccccc1)c1ccccc1. The van der Waals surface area contributed by atoms with Crippen molar-refractivity contribution in [3.63, 3.8) is 0 Å². The Morgan fingerprint density at radius 2 is 0.667 bits per heavy atom. The van der Waals surface area contributed by atoms with E-state index in [0.29, 0.717) is 11.3 Å². The van der Waals surface area contributed by atoms with Gasteiger partial charge in [0.15, 0.2) is 0 Å². The summed E-state index contributed by atoms with van der Waals surface area (Å²) < 4.78 is 0. The number of nitrogens with zero attached hydrogens (tertiary/aromatic N) is 1. The maximum atomic E-state index is 5.35. The van der Waals surface area contributed by atoms with E-state index >= 15 is 0 Å². The number of benzene rings is 4. The minimum Gasteiger partial charge on any atom is -0.257 e. The van der Waals surface area contributed by atoms with Gasteiger partial charge < -0.3 is 0 Å². The Balaban J connectivity index is 1.53. The van der Waals surface area contributed by atoms with Crippen LogP contribution in [0.1, 0.15) is 36.6 Å². The lowest BCUT2D eigenvalue weighted by Gasteiger charge is -2.28. The molecule has 0 saturated heterocycles. The zero-order valence-corrected chi connectivity index (χ0v) is 22.6. The Bertz CT molecular complexity index is 1180. The van der Waals surface area contributed by atoms with Gasteiger partial charge in [-0.3, -0.25) is 4.98 Å². The van der Waals surface area contributed by atoms with Crippen molar-refractivity contribution >= 4 is 37.1 Å².